The highest BCUT2D eigenvalue weighted by molar-refractivity contribution is 6.30. The monoisotopic (exact) mass is 283 g/mol. The molecule has 1 rings (SSSR count). The summed E-state index contributed by atoms with van der Waals surface area (Å²) < 4.78 is 5.86. The van der Waals surface area contributed by atoms with Crippen molar-refractivity contribution in [1.82, 2.24) is 5.32 Å². The van der Waals surface area contributed by atoms with Gasteiger partial charge in [0.15, 0.2) is 0 Å². The minimum atomic E-state index is 0.718. The molecule has 3 heteroatoms. The van der Waals surface area contributed by atoms with E-state index in [0.717, 1.165) is 60.4 Å². The van der Waals surface area contributed by atoms with Crippen molar-refractivity contribution in [2.24, 2.45) is 5.92 Å². The van der Waals surface area contributed by atoms with Gasteiger partial charge >= 0.3 is 0 Å². The lowest BCUT2D eigenvalue weighted by atomic mass is 10.1. The first-order valence-corrected chi connectivity index (χ1v) is 7.48. The summed E-state index contributed by atoms with van der Waals surface area (Å²) in [6.07, 6.45) is 2.23. The summed E-state index contributed by atoms with van der Waals surface area (Å²) in [4.78, 5) is 0. The van der Waals surface area contributed by atoms with Crippen LogP contribution in [0.25, 0.3) is 0 Å². The Morgan fingerprint density at radius 1 is 1.16 bits per heavy atom. The molecule has 0 aliphatic carbocycles. The van der Waals surface area contributed by atoms with Crippen LogP contribution in [-0.2, 0) is 0 Å². The molecule has 2 nitrogen and oxygen atoms in total. The molecule has 1 aromatic carbocycles. The average Bonchev–Trinajstić information content (AvgIpc) is 2.30. The molecule has 108 valence electrons. The van der Waals surface area contributed by atoms with Crippen LogP contribution in [0.15, 0.2) is 12.1 Å². The lowest BCUT2D eigenvalue weighted by Crippen LogP contribution is -2.21. The van der Waals surface area contributed by atoms with Gasteiger partial charge in [-0.1, -0.05) is 25.4 Å². The first-order chi connectivity index (χ1) is 9.00. The summed E-state index contributed by atoms with van der Waals surface area (Å²) in [6, 6.07) is 3.90. The zero-order valence-corrected chi connectivity index (χ0v) is 13.3. The highest BCUT2D eigenvalue weighted by Gasteiger charge is 2.05. The summed E-state index contributed by atoms with van der Waals surface area (Å²) in [5, 5.41) is 4.22. The number of aryl methyl sites for hydroxylation is 2. The van der Waals surface area contributed by atoms with Crippen LogP contribution in [0, 0.1) is 19.8 Å². The quantitative estimate of drug-likeness (QED) is 0.716. The molecule has 0 fully saturated rings. The summed E-state index contributed by atoms with van der Waals surface area (Å²) in [5.41, 5.74) is 2.23. The molecule has 0 amide bonds. The van der Waals surface area contributed by atoms with Gasteiger partial charge in [0.1, 0.15) is 5.75 Å². The van der Waals surface area contributed by atoms with Gasteiger partial charge in [0, 0.05) is 5.02 Å². The summed E-state index contributed by atoms with van der Waals surface area (Å²) in [7, 11) is 0. The van der Waals surface area contributed by atoms with Crippen LogP contribution in [0.5, 0.6) is 5.75 Å². The maximum atomic E-state index is 6.00. The zero-order valence-electron chi connectivity index (χ0n) is 12.6. The standard InChI is InChI=1S/C16H26ClNO/c1-12(2)11-18-7-5-6-8-19-16-13(3)9-15(17)10-14(16)4/h9-10,12,18H,5-8,11H2,1-4H3. The fourth-order valence-corrected chi connectivity index (χ4v) is 2.37. The van der Waals surface area contributed by atoms with Crippen LogP contribution in [0.4, 0.5) is 0 Å². The van der Waals surface area contributed by atoms with Gasteiger partial charge in [-0.3, -0.25) is 0 Å². The second kappa shape index (κ2) is 8.44. The Labute approximate surface area is 122 Å². The minimum Gasteiger partial charge on any atom is -0.493 e. The Hall–Kier alpha value is -0.730. The Morgan fingerprint density at radius 3 is 2.37 bits per heavy atom. The predicted molar refractivity (Wildman–Crippen MR) is 83.4 cm³/mol. The van der Waals surface area contributed by atoms with Crippen molar-refractivity contribution in [1.29, 1.82) is 0 Å². The van der Waals surface area contributed by atoms with Crippen LogP contribution in [0.2, 0.25) is 5.02 Å². The van der Waals surface area contributed by atoms with Crippen molar-refractivity contribution in [3.05, 3.63) is 28.3 Å². The molecule has 0 radical (unpaired) electrons. The Morgan fingerprint density at radius 2 is 1.79 bits per heavy atom. The predicted octanol–water partition coefficient (Wildman–Crippen LogP) is 4.36. The fourth-order valence-electron chi connectivity index (χ4n) is 2.04. The number of unbranched alkanes of at least 4 members (excludes halogenated alkanes) is 1. The third-order valence-corrected chi connectivity index (χ3v) is 3.19. The summed E-state index contributed by atoms with van der Waals surface area (Å²) in [5.74, 6) is 1.70. The molecule has 0 saturated carbocycles. The molecule has 1 aromatic rings. The second-order valence-electron chi connectivity index (χ2n) is 5.52. The van der Waals surface area contributed by atoms with Gasteiger partial charge in [-0.05, 0) is 69.0 Å². The van der Waals surface area contributed by atoms with Gasteiger partial charge in [-0.25, -0.2) is 0 Å². The molecule has 0 bridgehead atoms. The number of halogens is 1. The molecule has 0 aromatic heterocycles. The van der Waals surface area contributed by atoms with E-state index in [4.69, 9.17) is 16.3 Å². The lowest BCUT2D eigenvalue weighted by Gasteiger charge is -2.13. The molecule has 0 atom stereocenters. The highest BCUT2D eigenvalue weighted by Crippen LogP contribution is 2.27. The van der Waals surface area contributed by atoms with Crippen molar-refractivity contribution >= 4 is 11.6 Å². The Balaban J connectivity index is 2.23. The largest absolute Gasteiger partial charge is 0.493 e. The van der Waals surface area contributed by atoms with E-state index in [1.165, 1.54) is 0 Å². The number of benzene rings is 1. The van der Waals surface area contributed by atoms with Crippen LogP contribution < -0.4 is 10.1 Å². The van der Waals surface area contributed by atoms with Crippen LogP contribution in [-0.4, -0.2) is 19.7 Å². The van der Waals surface area contributed by atoms with Crippen molar-refractivity contribution < 1.29 is 4.74 Å². The molecule has 19 heavy (non-hydrogen) atoms. The number of nitrogens with one attached hydrogen (secondary N) is 1. The third-order valence-electron chi connectivity index (χ3n) is 2.97. The SMILES string of the molecule is Cc1cc(Cl)cc(C)c1OCCCCNCC(C)C. The van der Waals surface area contributed by atoms with E-state index in [9.17, 15) is 0 Å². The Kier molecular flexibility index (Phi) is 7.25. The minimum absolute atomic E-state index is 0.718. The van der Waals surface area contributed by atoms with Crippen LogP contribution in [0.1, 0.15) is 37.8 Å². The molecule has 1 N–H and O–H groups in total. The number of rotatable bonds is 8. The summed E-state index contributed by atoms with van der Waals surface area (Å²) >= 11 is 6.00. The van der Waals surface area contributed by atoms with Crippen molar-refractivity contribution in [3.63, 3.8) is 0 Å². The molecule has 0 heterocycles. The van der Waals surface area contributed by atoms with Crippen LogP contribution >= 0.6 is 11.6 Å². The maximum Gasteiger partial charge on any atom is 0.125 e. The third kappa shape index (κ3) is 6.31. The molecular formula is C16H26ClNO. The van der Waals surface area contributed by atoms with Crippen LogP contribution in [0.3, 0.4) is 0 Å². The van der Waals surface area contributed by atoms with Gasteiger partial charge < -0.3 is 10.1 Å². The number of ether oxygens (including phenoxy) is 1. The van der Waals surface area contributed by atoms with E-state index < -0.39 is 0 Å². The molecule has 0 aliphatic rings. The van der Waals surface area contributed by atoms with Gasteiger partial charge in [-0.2, -0.15) is 0 Å². The van der Waals surface area contributed by atoms with E-state index >= 15 is 0 Å². The first kappa shape index (κ1) is 16.3. The lowest BCUT2D eigenvalue weighted by molar-refractivity contribution is 0.301. The van der Waals surface area contributed by atoms with E-state index in [1.807, 2.05) is 26.0 Å². The number of hydrogen-bond acceptors (Lipinski definition) is 2. The molecule has 0 aliphatic heterocycles. The normalized spacial score (nSPS) is 11.1. The second-order valence-corrected chi connectivity index (χ2v) is 5.96. The molecular weight excluding hydrogens is 258 g/mol. The zero-order chi connectivity index (χ0) is 14.3. The Bertz CT molecular complexity index is 367. The molecule has 0 saturated heterocycles. The smallest absolute Gasteiger partial charge is 0.125 e. The van der Waals surface area contributed by atoms with Crippen molar-refractivity contribution in [2.75, 3.05) is 19.7 Å². The van der Waals surface area contributed by atoms with Gasteiger partial charge in [0.05, 0.1) is 6.61 Å². The summed E-state index contributed by atoms with van der Waals surface area (Å²) in [6.45, 7) is 11.5. The van der Waals surface area contributed by atoms with E-state index in [0.29, 0.717) is 0 Å². The highest BCUT2D eigenvalue weighted by atomic mass is 35.5. The maximum absolute atomic E-state index is 6.00. The van der Waals surface area contributed by atoms with Gasteiger partial charge in [-0.15, -0.1) is 0 Å². The van der Waals surface area contributed by atoms with E-state index in [1.54, 1.807) is 0 Å². The fraction of sp³-hybridized carbons (Fsp3) is 0.625. The average molecular weight is 284 g/mol. The molecule has 0 spiro atoms. The first-order valence-electron chi connectivity index (χ1n) is 7.11. The van der Waals surface area contributed by atoms with Crippen molar-refractivity contribution in [2.45, 2.75) is 40.5 Å². The van der Waals surface area contributed by atoms with E-state index in [2.05, 4.69) is 19.2 Å². The number of hydrogen-bond donors (Lipinski definition) is 1. The van der Waals surface area contributed by atoms with Gasteiger partial charge in [0.25, 0.3) is 0 Å². The molecule has 0 unspecified atom stereocenters. The van der Waals surface area contributed by atoms with Gasteiger partial charge in [0.2, 0.25) is 0 Å². The van der Waals surface area contributed by atoms with E-state index in [-0.39, 0.29) is 0 Å². The van der Waals surface area contributed by atoms with Crippen molar-refractivity contribution in [3.8, 4) is 5.75 Å². The topological polar surface area (TPSA) is 21.3 Å².